The average Bonchev–Trinajstić information content (AvgIpc) is 2.76. The van der Waals surface area contributed by atoms with Gasteiger partial charge in [-0.05, 0) is 44.4 Å². The first-order valence-corrected chi connectivity index (χ1v) is 12.0. The molecule has 1 aliphatic heterocycles. The van der Waals surface area contributed by atoms with Crippen LogP contribution in [0.4, 0.5) is 0 Å². The van der Waals surface area contributed by atoms with E-state index in [-0.39, 0.29) is 50.0 Å². The highest BCUT2D eigenvalue weighted by atomic mass is 16.5. The molecular weight excluding hydrogens is 448 g/mol. The molecular formula is C22H40N4O8. The highest BCUT2D eigenvalue weighted by molar-refractivity contribution is 5.69. The molecule has 0 aromatic rings. The SMILES string of the molecule is CCOC(=O)CCN1CCC(CCC(=O)O)CCC(CCC(=O)O)CCN(CCC(=O)O)NN1. The second-order valence-electron chi connectivity index (χ2n) is 8.65. The molecule has 0 bridgehead atoms. The van der Waals surface area contributed by atoms with Crippen LogP contribution in [0.15, 0.2) is 0 Å². The maximum Gasteiger partial charge on any atom is 0.307 e. The molecule has 196 valence electrons. The Morgan fingerprint density at radius 3 is 1.59 bits per heavy atom. The number of hydrazine groups is 3. The van der Waals surface area contributed by atoms with Gasteiger partial charge in [-0.15, -0.1) is 0 Å². The van der Waals surface area contributed by atoms with Crippen LogP contribution in [0.5, 0.6) is 0 Å². The lowest BCUT2D eigenvalue weighted by Gasteiger charge is -2.32. The fourth-order valence-electron chi connectivity index (χ4n) is 3.95. The van der Waals surface area contributed by atoms with Crippen LogP contribution in [-0.4, -0.2) is 82.0 Å². The molecule has 0 spiro atoms. The third-order valence-electron chi connectivity index (χ3n) is 5.98. The van der Waals surface area contributed by atoms with Crippen molar-refractivity contribution in [3.05, 3.63) is 0 Å². The zero-order valence-corrected chi connectivity index (χ0v) is 20.0. The molecule has 34 heavy (non-hydrogen) atoms. The number of carboxylic acids is 3. The Kier molecular flexibility index (Phi) is 15.0. The molecule has 0 amide bonds. The Labute approximate surface area is 200 Å². The molecule has 0 radical (unpaired) electrons. The third-order valence-corrected chi connectivity index (χ3v) is 5.98. The summed E-state index contributed by atoms with van der Waals surface area (Å²) in [7, 11) is 0. The maximum absolute atomic E-state index is 11.8. The Morgan fingerprint density at radius 2 is 1.18 bits per heavy atom. The highest BCUT2D eigenvalue weighted by Gasteiger charge is 2.21. The number of nitrogens with one attached hydrogen (secondary N) is 2. The summed E-state index contributed by atoms with van der Waals surface area (Å²) in [6.07, 6.45) is 4.24. The number of aliphatic carboxylic acids is 3. The minimum absolute atomic E-state index is 0.0610. The van der Waals surface area contributed by atoms with Crippen LogP contribution in [0.2, 0.25) is 0 Å². The molecule has 1 saturated heterocycles. The van der Waals surface area contributed by atoms with Crippen LogP contribution < -0.4 is 11.1 Å². The van der Waals surface area contributed by atoms with Crippen molar-refractivity contribution in [1.29, 1.82) is 0 Å². The zero-order chi connectivity index (χ0) is 25.3. The maximum atomic E-state index is 11.8. The van der Waals surface area contributed by atoms with Gasteiger partial charge in [0.05, 0.1) is 19.4 Å². The molecule has 0 saturated carbocycles. The predicted octanol–water partition coefficient (Wildman–Crippen LogP) is 1.48. The summed E-state index contributed by atoms with van der Waals surface area (Å²) in [6.45, 7) is 3.71. The van der Waals surface area contributed by atoms with E-state index in [2.05, 4.69) is 11.1 Å². The Balaban J connectivity index is 2.90. The van der Waals surface area contributed by atoms with E-state index in [1.54, 1.807) is 11.9 Å². The van der Waals surface area contributed by atoms with Gasteiger partial charge in [-0.2, -0.15) is 11.1 Å². The predicted molar refractivity (Wildman–Crippen MR) is 122 cm³/mol. The fourth-order valence-corrected chi connectivity index (χ4v) is 3.95. The van der Waals surface area contributed by atoms with E-state index < -0.39 is 17.9 Å². The summed E-state index contributed by atoms with van der Waals surface area (Å²) in [5.41, 5.74) is 6.09. The summed E-state index contributed by atoms with van der Waals surface area (Å²) in [6, 6.07) is 0. The van der Waals surface area contributed by atoms with Gasteiger partial charge in [-0.3, -0.25) is 19.2 Å². The molecule has 1 heterocycles. The number of carboxylic acid groups (broad SMARTS) is 3. The van der Waals surface area contributed by atoms with Gasteiger partial charge in [0.25, 0.3) is 0 Å². The standard InChI is InChI=1S/C22H40N4O8/c1-2-34-22(33)12-16-26-14-10-18(6-8-20(29)30)4-3-17(5-7-19(27)28)9-13-25(23-24-26)15-11-21(31)32/h17-18,23-24H,2-16H2,1H3,(H,27,28)(H,29,30)(H,31,32). The summed E-state index contributed by atoms with van der Waals surface area (Å²) < 4.78 is 5.00. The molecule has 0 aromatic heterocycles. The molecule has 12 heteroatoms. The van der Waals surface area contributed by atoms with Crippen molar-refractivity contribution in [2.75, 3.05) is 32.8 Å². The molecule has 1 aliphatic rings. The van der Waals surface area contributed by atoms with E-state index >= 15 is 0 Å². The first kappa shape index (κ1) is 29.8. The number of rotatable bonds is 13. The summed E-state index contributed by atoms with van der Waals surface area (Å²) in [4.78, 5) is 45.1. The summed E-state index contributed by atoms with van der Waals surface area (Å²) >= 11 is 0. The van der Waals surface area contributed by atoms with Crippen LogP contribution in [0, 0.1) is 11.8 Å². The Hall–Kier alpha value is -2.28. The van der Waals surface area contributed by atoms with Gasteiger partial charge in [0, 0.05) is 39.0 Å². The minimum atomic E-state index is -0.921. The number of carbonyl (C=O) groups excluding carboxylic acids is 1. The number of hydrogen-bond donors (Lipinski definition) is 5. The monoisotopic (exact) mass is 488 g/mol. The third kappa shape index (κ3) is 14.8. The smallest absolute Gasteiger partial charge is 0.307 e. The second kappa shape index (κ2) is 17.2. The first-order valence-electron chi connectivity index (χ1n) is 12.0. The molecule has 1 rings (SSSR count). The minimum Gasteiger partial charge on any atom is -0.481 e. The van der Waals surface area contributed by atoms with Gasteiger partial charge >= 0.3 is 23.9 Å². The topological polar surface area (TPSA) is 169 Å². The molecule has 1 fully saturated rings. The number of esters is 1. The van der Waals surface area contributed by atoms with Crippen molar-refractivity contribution in [3.63, 3.8) is 0 Å². The lowest BCUT2D eigenvalue weighted by atomic mass is 9.86. The van der Waals surface area contributed by atoms with Crippen molar-refractivity contribution in [1.82, 2.24) is 21.1 Å². The molecule has 0 aromatic carbocycles. The van der Waals surface area contributed by atoms with Crippen molar-refractivity contribution < 1.29 is 39.2 Å². The lowest BCUT2D eigenvalue weighted by Crippen LogP contribution is -2.56. The zero-order valence-electron chi connectivity index (χ0n) is 20.0. The van der Waals surface area contributed by atoms with Crippen LogP contribution in [0.25, 0.3) is 0 Å². The van der Waals surface area contributed by atoms with Crippen LogP contribution in [0.1, 0.15) is 71.1 Å². The van der Waals surface area contributed by atoms with Gasteiger partial charge in [-0.25, -0.2) is 10.0 Å². The fraction of sp³-hybridized carbons (Fsp3) is 0.818. The van der Waals surface area contributed by atoms with Crippen molar-refractivity contribution in [2.24, 2.45) is 11.8 Å². The van der Waals surface area contributed by atoms with E-state index in [0.717, 1.165) is 12.8 Å². The van der Waals surface area contributed by atoms with E-state index in [4.69, 9.17) is 20.1 Å². The quantitative estimate of drug-likeness (QED) is 0.237. The molecule has 5 N–H and O–H groups in total. The first-order chi connectivity index (χ1) is 16.2. The molecule has 2 atom stereocenters. The molecule has 0 aliphatic carbocycles. The van der Waals surface area contributed by atoms with E-state index in [0.29, 0.717) is 51.9 Å². The Morgan fingerprint density at radius 1 is 0.735 bits per heavy atom. The van der Waals surface area contributed by atoms with Gasteiger partial charge in [0.1, 0.15) is 0 Å². The average molecular weight is 489 g/mol. The number of ether oxygens (including phenoxy) is 1. The van der Waals surface area contributed by atoms with Crippen LogP contribution >= 0.6 is 0 Å². The summed E-state index contributed by atoms with van der Waals surface area (Å²) in [5.74, 6) is -2.65. The van der Waals surface area contributed by atoms with Gasteiger partial charge in [0.2, 0.25) is 0 Å². The van der Waals surface area contributed by atoms with Crippen molar-refractivity contribution in [2.45, 2.75) is 71.1 Å². The molecule has 2 unspecified atom stereocenters. The van der Waals surface area contributed by atoms with Crippen LogP contribution in [-0.2, 0) is 23.9 Å². The number of nitrogens with zero attached hydrogens (tertiary/aromatic N) is 2. The van der Waals surface area contributed by atoms with E-state index in [9.17, 15) is 19.2 Å². The van der Waals surface area contributed by atoms with Crippen LogP contribution in [0.3, 0.4) is 0 Å². The normalized spacial score (nSPS) is 21.2. The molecule has 12 nitrogen and oxygen atoms in total. The second-order valence-corrected chi connectivity index (χ2v) is 8.65. The van der Waals surface area contributed by atoms with Gasteiger partial charge in [-0.1, -0.05) is 12.8 Å². The van der Waals surface area contributed by atoms with E-state index in [1.165, 1.54) is 0 Å². The largest absolute Gasteiger partial charge is 0.481 e. The number of carbonyl (C=O) groups is 4. The summed E-state index contributed by atoms with van der Waals surface area (Å²) in [5, 5.41) is 30.9. The Bertz CT molecular complexity index is 614. The lowest BCUT2D eigenvalue weighted by molar-refractivity contribution is -0.144. The van der Waals surface area contributed by atoms with Crippen molar-refractivity contribution >= 4 is 23.9 Å². The highest BCUT2D eigenvalue weighted by Crippen LogP contribution is 2.26. The van der Waals surface area contributed by atoms with E-state index in [1.807, 2.05) is 5.01 Å². The van der Waals surface area contributed by atoms with Gasteiger partial charge < -0.3 is 20.1 Å². The van der Waals surface area contributed by atoms with Gasteiger partial charge in [0.15, 0.2) is 0 Å². The number of hydrogen-bond acceptors (Lipinski definition) is 9. The van der Waals surface area contributed by atoms with Crippen molar-refractivity contribution in [3.8, 4) is 0 Å².